The van der Waals surface area contributed by atoms with Crippen LogP contribution in [0.3, 0.4) is 0 Å². The van der Waals surface area contributed by atoms with Crippen LogP contribution in [0.15, 0.2) is 23.2 Å². The van der Waals surface area contributed by atoms with Crippen LogP contribution in [-0.4, -0.2) is 49.0 Å². The van der Waals surface area contributed by atoms with E-state index in [-0.39, 0.29) is 29.1 Å². The van der Waals surface area contributed by atoms with E-state index in [1.54, 1.807) is 20.8 Å². The molecule has 0 unspecified atom stereocenters. The van der Waals surface area contributed by atoms with Gasteiger partial charge in [-0.1, -0.05) is 0 Å². The van der Waals surface area contributed by atoms with Crippen LogP contribution in [0.1, 0.15) is 27.2 Å². The lowest BCUT2D eigenvalue weighted by Crippen LogP contribution is -2.36. The third kappa shape index (κ3) is 4.92. The monoisotopic (exact) mass is 355 g/mol. The minimum absolute atomic E-state index is 0.0833. The summed E-state index contributed by atoms with van der Waals surface area (Å²) in [5.74, 6) is -0.334. The second-order valence-corrected chi connectivity index (χ2v) is 7.59. The van der Waals surface area contributed by atoms with Crippen molar-refractivity contribution in [2.75, 3.05) is 18.4 Å². The topological polar surface area (TPSA) is 106 Å². The van der Waals surface area contributed by atoms with E-state index in [0.717, 1.165) is 0 Å². The first-order valence-corrected chi connectivity index (χ1v) is 8.73. The van der Waals surface area contributed by atoms with Crippen molar-refractivity contribution >= 4 is 28.5 Å². The van der Waals surface area contributed by atoms with Crippen LogP contribution in [0.2, 0.25) is 0 Å². The van der Waals surface area contributed by atoms with E-state index in [4.69, 9.17) is 4.74 Å². The molecule has 1 aliphatic heterocycles. The van der Waals surface area contributed by atoms with Gasteiger partial charge in [-0.05, 0) is 39.3 Å². The number of ether oxygens (including phenoxy) is 1. The van der Waals surface area contributed by atoms with Crippen LogP contribution in [0.5, 0.6) is 0 Å². The van der Waals surface area contributed by atoms with E-state index < -0.39 is 22.4 Å². The molecular weight excluding hydrogens is 334 g/mol. The van der Waals surface area contributed by atoms with Crippen molar-refractivity contribution in [3.63, 3.8) is 0 Å². The Balaban J connectivity index is 1.91. The molecule has 0 aromatic carbocycles. The molecule has 0 saturated carbocycles. The van der Waals surface area contributed by atoms with Gasteiger partial charge in [0.15, 0.2) is 10.7 Å². The fourth-order valence-corrected chi connectivity index (χ4v) is 2.61. The van der Waals surface area contributed by atoms with E-state index in [0.29, 0.717) is 13.0 Å². The zero-order valence-electron chi connectivity index (χ0n) is 13.8. The Bertz CT molecular complexity index is 686. The van der Waals surface area contributed by atoms with Gasteiger partial charge < -0.3 is 15.0 Å². The summed E-state index contributed by atoms with van der Waals surface area (Å²) in [7, 11) is -2.70. The highest BCUT2D eigenvalue weighted by atomic mass is 32.2. The minimum Gasteiger partial charge on any atom is -0.444 e. The zero-order chi connectivity index (χ0) is 17.9. The fourth-order valence-electron chi connectivity index (χ4n) is 2.26. The van der Waals surface area contributed by atoms with Crippen molar-refractivity contribution in [2.24, 2.45) is 5.92 Å². The molecule has 8 nitrogen and oxygen atoms in total. The largest absolute Gasteiger partial charge is 0.444 e. The molecule has 0 spiro atoms. The number of hydrogen-bond acceptors (Lipinski definition) is 6. The summed E-state index contributed by atoms with van der Waals surface area (Å²) in [6, 6.07) is 2.80. The summed E-state index contributed by atoms with van der Waals surface area (Å²) in [6.07, 6.45) is 1.29. The quantitative estimate of drug-likeness (QED) is 0.791. The molecule has 1 aromatic heterocycles. The van der Waals surface area contributed by atoms with Crippen LogP contribution in [0.25, 0.3) is 0 Å². The van der Waals surface area contributed by atoms with Gasteiger partial charge in [0.25, 0.3) is 0 Å². The van der Waals surface area contributed by atoms with Crippen molar-refractivity contribution in [3.8, 4) is 0 Å². The first kappa shape index (κ1) is 18.2. The normalized spacial score (nSPS) is 17.8. The molecule has 2 amide bonds. The van der Waals surface area contributed by atoms with Gasteiger partial charge in [-0.2, -0.15) is 0 Å². The number of likely N-dealkylation sites (tertiary alicyclic amines) is 1. The Morgan fingerprint density at radius 2 is 2.04 bits per heavy atom. The molecule has 2 rings (SSSR count). The predicted octanol–water partition coefficient (Wildman–Crippen LogP) is 1.25. The van der Waals surface area contributed by atoms with Gasteiger partial charge in [0.2, 0.25) is 5.91 Å². The summed E-state index contributed by atoms with van der Waals surface area (Å²) in [6.45, 7) is 6.10. The SMILES string of the molecule is CC(C)(C)OC(=O)N1CC[C@H](C(=O)Nc2ccc([SH](=O)=O)cn2)C1. The Morgan fingerprint density at radius 3 is 2.58 bits per heavy atom. The van der Waals surface area contributed by atoms with Gasteiger partial charge in [-0.15, -0.1) is 0 Å². The molecule has 132 valence electrons. The summed E-state index contributed by atoms with van der Waals surface area (Å²) < 4.78 is 26.9. The summed E-state index contributed by atoms with van der Waals surface area (Å²) >= 11 is 0. The molecule has 1 aromatic rings. The fraction of sp³-hybridized carbons (Fsp3) is 0.533. The highest BCUT2D eigenvalue weighted by Gasteiger charge is 2.33. The summed E-state index contributed by atoms with van der Waals surface area (Å²) in [5, 5.41) is 2.63. The number of carbonyl (C=O) groups is 2. The molecule has 1 aliphatic rings. The van der Waals surface area contributed by atoms with Crippen molar-refractivity contribution in [1.82, 2.24) is 9.88 Å². The number of nitrogens with zero attached hydrogens (tertiary/aromatic N) is 2. The Labute approximate surface area is 142 Å². The Kier molecular flexibility index (Phi) is 5.43. The molecule has 1 fully saturated rings. The van der Waals surface area contributed by atoms with Gasteiger partial charge in [0.05, 0.1) is 10.8 Å². The van der Waals surface area contributed by atoms with Gasteiger partial charge in [0.1, 0.15) is 11.4 Å². The average Bonchev–Trinajstić information content (AvgIpc) is 2.96. The first-order valence-electron chi connectivity index (χ1n) is 7.55. The molecule has 24 heavy (non-hydrogen) atoms. The number of anilines is 1. The van der Waals surface area contributed by atoms with E-state index >= 15 is 0 Å². The smallest absolute Gasteiger partial charge is 0.410 e. The number of nitrogens with one attached hydrogen (secondary N) is 1. The number of pyridine rings is 1. The molecule has 0 aliphatic carbocycles. The molecule has 0 radical (unpaired) electrons. The second kappa shape index (κ2) is 7.16. The summed E-state index contributed by atoms with van der Waals surface area (Å²) in [5.41, 5.74) is -0.578. The lowest BCUT2D eigenvalue weighted by atomic mass is 10.1. The van der Waals surface area contributed by atoms with Crippen molar-refractivity contribution in [2.45, 2.75) is 37.7 Å². The maximum absolute atomic E-state index is 12.2. The van der Waals surface area contributed by atoms with Crippen LogP contribution in [-0.2, 0) is 20.2 Å². The van der Waals surface area contributed by atoms with Gasteiger partial charge in [-0.25, -0.2) is 18.2 Å². The Morgan fingerprint density at radius 1 is 1.33 bits per heavy atom. The number of aromatic nitrogens is 1. The molecule has 0 bridgehead atoms. The molecule has 2 heterocycles. The highest BCUT2D eigenvalue weighted by molar-refractivity contribution is 7.72. The average molecular weight is 355 g/mol. The van der Waals surface area contributed by atoms with E-state index in [2.05, 4.69) is 10.3 Å². The van der Waals surface area contributed by atoms with E-state index in [1.807, 2.05) is 0 Å². The number of rotatable bonds is 3. The van der Waals surface area contributed by atoms with Gasteiger partial charge >= 0.3 is 6.09 Å². The first-order chi connectivity index (χ1) is 11.2. The molecule has 1 saturated heterocycles. The molecular formula is C15H21N3O5S. The number of thiol groups is 1. The van der Waals surface area contributed by atoms with Crippen molar-refractivity contribution in [3.05, 3.63) is 18.3 Å². The number of amides is 2. The minimum atomic E-state index is -2.70. The van der Waals surface area contributed by atoms with Crippen LogP contribution in [0, 0.1) is 5.92 Å². The van der Waals surface area contributed by atoms with Crippen molar-refractivity contribution < 1.29 is 22.7 Å². The third-order valence-electron chi connectivity index (χ3n) is 3.42. The lowest BCUT2D eigenvalue weighted by molar-refractivity contribution is -0.119. The number of hydrogen-bond donors (Lipinski definition) is 2. The highest BCUT2D eigenvalue weighted by Crippen LogP contribution is 2.21. The van der Waals surface area contributed by atoms with Crippen LogP contribution >= 0.6 is 0 Å². The molecule has 9 heteroatoms. The standard InChI is InChI=1S/C15H21N3O5S/c1-15(2,3)23-14(20)18-7-6-10(9-18)13(19)17-12-5-4-11(8-16-12)24(21)22/h4-5,8,10,24H,6-7,9H2,1-3H3,(H,16,17,19)/t10-/m0/s1. The van der Waals surface area contributed by atoms with Crippen LogP contribution < -0.4 is 5.32 Å². The second-order valence-electron chi connectivity index (χ2n) is 6.56. The lowest BCUT2D eigenvalue weighted by Gasteiger charge is -2.24. The Hall–Kier alpha value is -2.16. The summed E-state index contributed by atoms with van der Waals surface area (Å²) in [4.78, 5) is 29.7. The van der Waals surface area contributed by atoms with Gasteiger partial charge in [-0.3, -0.25) is 4.79 Å². The van der Waals surface area contributed by atoms with Gasteiger partial charge in [0, 0.05) is 19.3 Å². The molecule has 1 N–H and O–H groups in total. The van der Waals surface area contributed by atoms with Crippen LogP contribution in [0.4, 0.5) is 10.6 Å². The third-order valence-corrected chi connectivity index (χ3v) is 4.11. The maximum atomic E-state index is 12.2. The van der Waals surface area contributed by atoms with E-state index in [9.17, 15) is 18.0 Å². The zero-order valence-corrected chi connectivity index (χ0v) is 14.7. The number of carbonyl (C=O) groups excluding carboxylic acids is 2. The molecule has 1 atom stereocenters. The maximum Gasteiger partial charge on any atom is 0.410 e. The van der Waals surface area contributed by atoms with E-state index in [1.165, 1.54) is 23.2 Å². The van der Waals surface area contributed by atoms with Crippen molar-refractivity contribution in [1.29, 1.82) is 0 Å². The predicted molar refractivity (Wildman–Crippen MR) is 87.4 cm³/mol.